The standard InChI is InChI=1S/C14H15NO4/c1-8-5-11(14(16)19-4)15-13-10(8)6-9(17-2)7-12(13)18-3/h5-7H,1-4H3. The Morgan fingerprint density at radius 1 is 1.11 bits per heavy atom. The molecule has 19 heavy (non-hydrogen) atoms. The van der Waals surface area contributed by atoms with Crippen LogP contribution < -0.4 is 9.47 Å². The summed E-state index contributed by atoms with van der Waals surface area (Å²) < 4.78 is 15.2. The SMILES string of the molecule is COC(=O)c1cc(C)c2cc(OC)cc(OC)c2n1. The van der Waals surface area contributed by atoms with Crippen LogP contribution in [0.2, 0.25) is 0 Å². The highest BCUT2D eigenvalue weighted by Gasteiger charge is 2.14. The number of carbonyl (C=O) groups excluding carboxylic acids is 1. The second kappa shape index (κ2) is 5.14. The maximum absolute atomic E-state index is 11.6. The van der Waals surface area contributed by atoms with Crippen LogP contribution in [0.1, 0.15) is 16.1 Å². The van der Waals surface area contributed by atoms with Crippen LogP contribution in [0, 0.1) is 6.92 Å². The molecule has 0 atom stereocenters. The fourth-order valence-electron chi connectivity index (χ4n) is 1.92. The Bertz CT molecular complexity index is 637. The molecule has 1 aromatic heterocycles. The van der Waals surface area contributed by atoms with Crippen LogP contribution in [0.4, 0.5) is 0 Å². The quantitative estimate of drug-likeness (QED) is 0.794. The van der Waals surface area contributed by atoms with Crippen molar-refractivity contribution in [2.45, 2.75) is 6.92 Å². The van der Waals surface area contributed by atoms with Gasteiger partial charge >= 0.3 is 5.97 Å². The molecule has 100 valence electrons. The number of esters is 1. The van der Waals surface area contributed by atoms with Gasteiger partial charge in [-0.1, -0.05) is 0 Å². The van der Waals surface area contributed by atoms with E-state index in [9.17, 15) is 4.79 Å². The lowest BCUT2D eigenvalue weighted by Crippen LogP contribution is -2.05. The number of aromatic nitrogens is 1. The molecule has 1 aromatic carbocycles. The minimum atomic E-state index is -0.470. The molecular formula is C14H15NO4. The topological polar surface area (TPSA) is 57.7 Å². The van der Waals surface area contributed by atoms with E-state index >= 15 is 0 Å². The molecule has 0 unspecified atom stereocenters. The van der Waals surface area contributed by atoms with E-state index in [1.54, 1.807) is 26.4 Å². The van der Waals surface area contributed by atoms with Gasteiger partial charge in [-0.05, 0) is 24.6 Å². The molecule has 0 fully saturated rings. The number of methoxy groups -OCH3 is 3. The number of ether oxygens (including phenoxy) is 3. The molecular weight excluding hydrogens is 246 g/mol. The summed E-state index contributed by atoms with van der Waals surface area (Å²) in [6, 6.07) is 5.28. The van der Waals surface area contributed by atoms with Gasteiger partial charge in [-0.3, -0.25) is 0 Å². The van der Waals surface area contributed by atoms with Gasteiger partial charge in [0, 0.05) is 11.5 Å². The van der Waals surface area contributed by atoms with E-state index in [-0.39, 0.29) is 5.69 Å². The lowest BCUT2D eigenvalue weighted by Gasteiger charge is -2.11. The Kier molecular flexibility index (Phi) is 3.55. The number of fused-ring (bicyclic) bond motifs is 1. The zero-order valence-corrected chi connectivity index (χ0v) is 11.3. The average molecular weight is 261 g/mol. The zero-order chi connectivity index (χ0) is 14.0. The van der Waals surface area contributed by atoms with Crippen molar-refractivity contribution in [1.29, 1.82) is 0 Å². The van der Waals surface area contributed by atoms with E-state index in [1.165, 1.54) is 7.11 Å². The summed E-state index contributed by atoms with van der Waals surface area (Å²) in [5.41, 5.74) is 1.78. The molecule has 0 aliphatic carbocycles. The second-order valence-electron chi connectivity index (χ2n) is 4.04. The molecule has 0 spiro atoms. The van der Waals surface area contributed by atoms with Crippen LogP contribution in [0.5, 0.6) is 11.5 Å². The molecule has 0 N–H and O–H groups in total. The van der Waals surface area contributed by atoms with Crippen molar-refractivity contribution in [2.24, 2.45) is 0 Å². The predicted molar refractivity (Wildman–Crippen MR) is 70.9 cm³/mol. The molecule has 0 saturated carbocycles. The van der Waals surface area contributed by atoms with E-state index in [2.05, 4.69) is 4.98 Å². The largest absolute Gasteiger partial charge is 0.497 e. The highest BCUT2D eigenvalue weighted by Crippen LogP contribution is 2.32. The number of hydrogen-bond acceptors (Lipinski definition) is 5. The van der Waals surface area contributed by atoms with Gasteiger partial charge in [0.25, 0.3) is 0 Å². The number of benzene rings is 1. The van der Waals surface area contributed by atoms with Gasteiger partial charge in [0.05, 0.1) is 21.3 Å². The zero-order valence-electron chi connectivity index (χ0n) is 11.3. The summed E-state index contributed by atoms with van der Waals surface area (Å²) >= 11 is 0. The normalized spacial score (nSPS) is 10.3. The number of aryl methyl sites for hydroxylation is 1. The molecule has 0 bridgehead atoms. The molecule has 5 nitrogen and oxygen atoms in total. The Morgan fingerprint density at radius 3 is 2.42 bits per heavy atom. The monoisotopic (exact) mass is 261 g/mol. The van der Waals surface area contributed by atoms with Crippen molar-refractivity contribution in [3.63, 3.8) is 0 Å². The van der Waals surface area contributed by atoms with E-state index in [1.807, 2.05) is 13.0 Å². The van der Waals surface area contributed by atoms with Gasteiger partial charge in [-0.25, -0.2) is 9.78 Å². The lowest BCUT2D eigenvalue weighted by molar-refractivity contribution is 0.0594. The van der Waals surface area contributed by atoms with Gasteiger partial charge in [-0.2, -0.15) is 0 Å². The van der Waals surface area contributed by atoms with E-state index in [4.69, 9.17) is 14.2 Å². The highest BCUT2D eigenvalue weighted by atomic mass is 16.5. The molecule has 0 saturated heterocycles. The minimum absolute atomic E-state index is 0.260. The summed E-state index contributed by atoms with van der Waals surface area (Å²) in [5, 5.41) is 0.879. The van der Waals surface area contributed by atoms with Crippen molar-refractivity contribution in [3.8, 4) is 11.5 Å². The van der Waals surface area contributed by atoms with Gasteiger partial charge in [0.2, 0.25) is 0 Å². The summed E-state index contributed by atoms with van der Waals surface area (Å²) in [5.74, 6) is 0.770. The Labute approximate surface area is 111 Å². The van der Waals surface area contributed by atoms with Crippen molar-refractivity contribution in [2.75, 3.05) is 21.3 Å². The fraction of sp³-hybridized carbons (Fsp3) is 0.286. The fourth-order valence-corrected chi connectivity index (χ4v) is 1.92. The first-order valence-electron chi connectivity index (χ1n) is 5.72. The third-order valence-corrected chi connectivity index (χ3v) is 2.91. The van der Waals surface area contributed by atoms with Crippen LogP contribution >= 0.6 is 0 Å². The van der Waals surface area contributed by atoms with Crippen LogP contribution in [-0.4, -0.2) is 32.3 Å². The van der Waals surface area contributed by atoms with Crippen LogP contribution in [-0.2, 0) is 4.74 Å². The maximum atomic E-state index is 11.6. The van der Waals surface area contributed by atoms with Crippen LogP contribution in [0.3, 0.4) is 0 Å². The summed E-state index contributed by atoms with van der Waals surface area (Å²) in [6.45, 7) is 1.90. The number of hydrogen-bond donors (Lipinski definition) is 0. The molecule has 2 aromatic rings. The highest BCUT2D eigenvalue weighted by molar-refractivity contribution is 5.95. The third kappa shape index (κ3) is 2.31. The Hall–Kier alpha value is -2.30. The van der Waals surface area contributed by atoms with Crippen LogP contribution in [0.25, 0.3) is 10.9 Å². The number of rotatable bonds is 3. The lowest BCUT2D eigenvalue weighted by atomic mass is 10.1. The molecule has 0 amide bonds. The molecule has 0 aliphatic heterocycles. The van der Waals surface area contributed by atoms with E-state index in [0.29, 0.717) is 17.0 Å². The maximum Gasteiger partial charge on any atom is 0.356 e. The first-order chi connectivity index (χ1) is 9.10. The molecule has 2 rings (SSSR count). The van der Waals surface area contributed by atoms with Crippen molar-refractivity contribution >= 4 is 16.9 Å². The number of carbonyl (C=O) groups is 1. The first-order valence-corrected chi connectivity index (χ1v) is 5.72. The smallest absolute Gasteiger partial charge is 0.356 e. The minimum Gasteiger partial charge on any atom is -0.497 e. The van der Waals surface area contributed by atoms with Crippen molar-refractivity contribution in [1.82, 2.24) is 4.98 Å². The van der Waals surface area contributed by atoms with Crippen LogP contribution in [0.15, 0.2) is 18.2 Å². The van der Waals surface area contributed by atoms with Crippen molar-refractivity contribution < 1.29 is 19.0 Å². The third-order valence-electron chi connectivity index (χ3n) is 2.91. The van der Waals surface area contributed by atoms with E-state index in [0.717, 1.165) is 10.9 Å². The molecule has 5 heteroatoms. The molecule has 1 heterocycles. The predicted octanol–water partition coefficient (Wildman–Crippen LogP) is 2.35. The van der Waals surface area contributed by atoms with Gasteiger partial charge in [-0.15, -0.1) is 0 Å². The second-order valence-corrected chi connectivity index (χ2v) is 4.04. The summed E-state index contributed by atoms with van der Waals surface area (Å²) in [6.07, 6.45) is 0. The Morgan fingerprint density at radius 2 is 1.84 bits per heavy atom. The number of nitrogens with zero attached hydrogens (tertiary/aromatic N) is 1. The summed E-state index contributed by atoms with van der Waals surface area (Å²) in [7, 11) is 4.47. The molecule has 0 aliphatic rings. The van der Waals surface area contributed by atoms with Gasteiger partial charge in [0.1, 0.15) is 22.7 Å². The number of pyridine rings is 1. The first kappa shape index (κ1) is 13.1. The van der Waals surface area contributed by atoms with Gasteiger partial charge < -0.3 is 14.2 Å². The average Bonchev–Trinajstić information content (AvgIpc) is 2.45. The van der Waals surface area contributed by atoms with Crippen molar-refractivity contribution in [3.05, 3.63) is 29.5 Å². The Balaban J connectivity index is 2.76. The summed E-state index contributed by atoms with van der Waals surface area (Å²) in [4.78, 5) is 15.9. The van der Waals surface area contributed by atoms with Gasteiger partial charge in [0.15, 0.2) is 0 Å². The molecule has 0 radical (unpaired) electrons. The van der Waals surface area contributed by atoms with E-state index < -0.39 is 5.97 Å².